The van der Waals surface area contributed by atoms with E-state index in [1.54, 1.807) is 0 Å². The molecule has 1 saturated heterocycles. The lowest BCUT2D eigenvalue weighted by molar-refractivity contribution is 0.340. The van der Waals surface area contributed by atoms with E-state index in [1.165, 1.54) is 15.6 Å². The Morgan fingerprint density at radius 3 is 2.44 bits per heavy atom. The van der Waals surface area contributed by atoms with Crippen molar-refractivity contribution in [2.75, 3.05) is 37.7 Å². The van der Waals surface area contributed by atoms with Crippen LogP contribution in [-0.4, -0.2) is 50.5 Å². The van der Waals surface area contributed by atoms with Crippen molar-refractivity contribution in [1.29, 1.82) is 0 Å². The van der Waals surface area contributed by atoms with Gasteiger partial charge in [0.25, 0.3) is 0 Å². The van der Waals surface area contributed by atoms with Gasteiger partial charge in [-0.05, 0) is 36.8 Å². The Hall–Kier alpha value is -2.56. The molecule has 2 aromatic carbocycles. The lowest BCUT2D eigenvalue weighted by Crippen LogP contribution is -2.48. The van der Waals surface area contributed by atoms with Crippen LogP contribution in [0.25, 0.3) is 0 Å². The molecule has 0 radical (unpaired) electrons. The lowest BCUT2D eigenvalue weighted by Gasteiger charge is -2.33. The first-order chi connectivity index (χ1) is 15.4. The number of piperazine rings is 1. The van der Waals surface area contributed by atoms with Crippen LogP contribution in [0.2, 0.25) is 0 Å². The summed E-state index contributed by atoms with van der Waals surface area (Å²) in [7, 11) is -4.02. The van der Waals surface area contributed by atoms with Crippen molar-refractivity contribution in [3.8, 4) is 5.75 Å². The number of rotatable bonds is 7. The molecule has 1 aliphatic heterocycles. The highest BCUT2D eigenvalue weighted by Crippen LogP contribution is 2.26. The quantitative estimate of drug-likeness (QED) is 0.514. The van der Waals surface area contributed by atoms with Crippen LogP contribution in [0, 0.1) is 11.6 Å². The number of ether oxygens (including phenoxy) is 1. The number of hydrogen-bond acceptors (Lipinski definition) is 6. The normalized spacial score (nSPS) is 15.2. The zero-order valence-electron chi connectivity index (χ0n) is 17.5. The molecule has 0 N–H and O–H groups in total. The molecule has 0 spiro atoms. The molecule has 0 bridgehead atoms. The molecular weight excluding hydrogens is 456 g/mol. The van der Waals surface area contributed by atoms with Gasteiger partial charge in [0.2, 0.25) is 10.0 Å². The van der Waals surface area contributed by atoms with E-state index in [0.29, 0.717) is 32.2 Å². The molecule has 0 atom stereocenters. The van der Waals surface area contributed by atoms with Gasteiger partial charge in [0, 0.05) is 44.0 Å². The van der Waals surface area contributed by atoms with Gasteiger partial charge in [-0.15, -0.1) is 11.3 Å². The molecular formula is C22H23F2N3O3S2. The van der Waals surface area contributed by atoms with Gasteiger partial charge in [0.05, 0.1) is 12.3 Å². The molecule has 170 valence electrons. The highest BCUT2D eigenvalue weighted by Gasteiger charge is 2.31. The Morgan fingerprint density at radius 1 is 1.06 bits per heavy atom. The van der Waals surface area contributed by atoms with Crippen LogP contribution in [0.5, 0.6) is 5.75 Å². The maximum Gasteiger partial charge on any atom is 0.246 e. The van der Waals surface area contributed by atoms with Gasteiger partial charge >= 0.3 is 0 Å². The predicted molar refractivity (Wildman–Crippen MR) is 120 cm³/mol. The fraction of sp³-hybridized carbons (Fsp3) is 0.318. The van der Waals surface area contributed by atoms with Crippen molar-refractivity contribution < 1.29 is 21.9 Å². The van der Waals surface area contributed by atoms with Gasteiger partial charge in [-0.3, -0.25) is 0 Å². The Bertz CT molecular complexity index is 1180. The minimum atomic E-state index is -4.02. The number of thiazole rings is 1. The number of anilines is 1. The van der Waals surface area contributed by atoms with Gasteiger partial charge in [0.1, 0.15) is 22.3 Å². The van der Waals surface area contributed by atoms with Crippen LogP contribution in [0.15, 0.2) is 52.7 Å². The Labute approximate surface area is 190 Å². The minimum absolute atomic E-state index is 0.201. The molecule has 6 nitrogen and oxygen atoms in total. The van der Waals surface area contributed by atoms with Crippen LogP contribution in [0.4, 0.5) is 13.9 Å². The summed E-state index contributed by atoms with van der Waals surface area (Å²) in [6, 6.07) is 10.4. The van der Waals surface area contributed by atoms with E-state index in [2.05, 4.69) is 0 Å². The van der Waals surface area contributed by atoms with Gasteiger partial charge in [-0.2, -0.15) is 4.31 Å². The van der Waals surface area contributed by atoms with Crippen molar-refractivity contribution >= 4 is 26.5 Å². The largest absolute Gasteiger partial charge is 0.494 e. The van der Waals surface area contributed by atoms with Crippen LogP contribution < -0.4 is 9.64 Å². The number of nitrogens with zero attached hydrogens (tertiary/aromatic N) is 3. The summed E-state index contributed by atoms with van der Waals surface area (Å²) in [4.78, 5) is 6.23. The number of hydrogen-bond donors (Lipinski definition) is 0. The van der Waals surface area contributed by atoms with E-state index in [9.17, 15) is 17.2 Å². The average Bonchev–Trinajstić information content (AvgIpc) is 3.24. The topological polar surface area (TPSA) is 62.7 Å². The molecule has 1 aliphatic rings. The zero-order valence-corrected chi connectivity index (χ0v) is 19.1. The fourth-order valence-corrected chi connectivity index (χ4v) is 5.89. The number of aromatic nitrogens is 1. The molecule has 0 unspecified atom stereocenters. The average molecular weight is 480 g/mol. The van der Waals surface area contributed by atoms with E-state index in [0.717, 1.165) is 34.3 Å². The summed E-state index contributed by atoms with van der Waals surface area (Å²) in [6.07, 6.45) is 0.696. The van der Waals surface area contributed by atoms with Gasteiger partial charge in [0.15, 0.2) is 5.13 Å². The van der Waals surface area contributed by atoms with Crippen LogP contribution >= 0.6 is 11.3 Å². The summed E-state index contributed by atoms with van der Waals surface area (Å²) in [5.41, 5.74) is 2.07. The summed E-state index contributed by atoms with van der Waals surface area (Å²) in [6.45, 7) is 3.86. The SMILES string of the molecule is CCOc1ccc(Cc2csc(N3CCN(S(=O)(=O)c4ccc(F)cc4F)CC3)n2)cc1. The van der Waals surface area contributed by atoms with Crippen molar-refractivity contribution in [3.63, 3.8) is 0 Å². The second-order valence-corrected chi connectivity index (χ2v) is 10.1. The highest BCUT2D eigenvalue weighted by molar-refractivity contribution is 7.89. The molecule has 1 aromatic heterocycles. The van der Waals surface area contributed by atoms with Crippen LogP contribution in [0.3, 0.4) is 0 Å². The van der Waals surface area contributed by atoms with Crippen molar-refractivity contribution in [2.45, 2.75) is 18.2 Å². The van der Waals surface area contributed by atoms with E-state index in [-0.39, 0.29) is 13.1 Å². The van der Waals surface area contributed by atoms with Gasteiger partial charge < -0.3 is 9.64 Å². The van der Waals surface area contributed by atoms with E-state index in [4.69, 9.17) is 9.72 Å². The lowest BCUT2D eigenvalue weighted by atomic mass is 10.1. The van der Waals surface area contributed by atoms with Crippen molar-refractivity contribution in [2.24, 2.45) is 0 Å². The maximum atomic E-state index is 14.0. The first-order valence-electron chi connectivity index (χ1n) is 10.2. The smallest absolute Gasteiger partial charge is 0.246 e. The number of halogens is 2. The second kappa shape index (κ2) is 9.51. The van der Waals surface area contributed by atoms with E-state index in [1.807, 2.05) is 41.5 Å². The van der Waals surface area contributed by atoms with E-state index < -0.39 is 26.6 Å². The summed E-state index contributed by atoms with van der Waals surface area (Å²) in [5, 5.41) is 2.83. The number of sulfonamides is 1. The third-order valence-corrected chi connectivity index (χ3v) is 8.06. The van der Waals surface area contributed by atoms with E-state index >= 15 is 0 Å². The van der Waals surface area contributed by atoms with Crippen molar-refractivity contribution in [3.05, 3.63) is 70.7 Å². The molecule has 2 heterocycles. The molecule has 3 aromatic rings. The second-order valence-electron chi connectivity index (χ2n) is 7.34. The standard InChI is InChI=1S/C22H23F2N3O3S2/c1-2-30-19-6-3-16(4-7-19)13-18-15-31-22(25-18)26-9-11-27(12-10-26)32(28,29)21-8-5-17(23)14-20(21)24/h3-8,14-15H,2,9-13H2,1H3. The van der Waals surface area contributed by atoms with Crippen molar-refractivity contribution in [1.82, 2.24) is 9.29 Å². The summed E-state index contributed by atoms with van der Waals surface area (Å²) in [5.74, 6) is -1.05. The maximum absolute atomic E-state index is 14.0. The van der Waals surface area contributed by atoms with Crippen LogP contribution in [0.1, 0.15) is 18.2 Å². The highest BCUT2D eigenvalue weighted by atomic mass is 32.2. The van der Waals surface area contributed by atoms with Gasteiger partial charge in [-0.1, -0.05) is 12.1 Å². The molecule has 0 aliphatic carbocycles. The first-order valence-corrected chi connectivity index (χ1v) is 12.5. The van der Waals surface area contributed by atoms with Crippen LogP contribution in [-0.2, 0) is 16.4 Å². The monoisotopic (exact) mass is 479 g/mol. The van der Waals surface area contributed by atoms with Gasteiger partial charge in [-0.25, -0.2) is 22.2 Å². The summed E-state index contributed by atoms with van der Waals surface area (Å²) < 4.78 is 59.4. The molecule has 10 heteroatoms. The number of benzene rings is 2. The molecule has 0 amide bonds. The third kappa shape index (κ3) is 4.92. The Balaban J connectivity index is 1.38. The zero-order chi connectivity index (χ0) is 22.7. The first kappa shape index (κ1) is 22.6. The third-order valence-electron chi connectivity index (χ3n) is 5.18. The fourth-order valence-electron chi connectivity index (χ4n) is 3.55. The molecule has 4 rings (SSSR count). The predicted octanol–water partition coefficient (Wildman–Crippen LogP) is 3.92. The molecule has 32 heavy (non-hydrogen) atoms. The molecule has 0 saturated carbocycles. The minimum Gasteiger partial charge on any atom is -0.494 e. The Kier molecular flexibility index (Phi) is 6.73. The Morgan fingerprint density at radius 2 is 1.78 bits per heavy atom. The summed E-state index contributed by atoms with van der Waals surface area (Å²) >= 11 is 1.52. The molecule has 1 fully saturated rings.